The lowest BCUT2D eigenvalue weighted by Crippen LogP contribution is -2.43. The molecule has 2 aromatic carbocycles. The average Bonchev–Trinajstić information content (AvgIpc) is 2.80. The second-order valence-electron chi connectivity index (χ2n) is 5.78. The fourth-order valence-electron chi connectivity index (χ4n) is 3.77. The Balaban J connectivity index is 1.98. The fourth-order valence-corrected chi connectivity index (χ4v) is 3.77. The van der Waals surface area contributed by atoms with Crippen LogP contribution in [0.4, 0.5) is 0 Å². The third kappa shape index (κ3) is 1.63. The van der Waals surface area contributed by atoms with E-state index in [2.05, 4.69) is 29.6 Å². The molecule has 106 valence electrons. The van der Waals surface area contributed by atoms with Crippen LogP contribution < -0.4 is 10.1 Å². The molecule has 1 amide bonds. The normalized spacial score (nSPS) is 22.6. The van der Waals surface area contributed by atoms with E-state index < -0.39 is 0 Å². The van der Waals surface area contributed by atoms with E-state index >= 15 is 0 Å². The first-order chi connectivity index (χ1) is 10.2. The van der Waals surface area contributed by atoms with Gasteiger partial charge in [0.05, 0.1) is 12.6 Å². The number of hydrogen-bond donors (Lipinski definition) is 1. The molecule has 0 saturated carbocycles. The summed E-state index contributed by atoms with van der Waals surface area (Å²) in [5.41, 5.74) is 4.01. The number of fused-ring (bicyclic) bond motifs is 4. The van der Waals surface area contributed by atoms with Gasteiger partial charge in [-0.3, -0.25) is 4.79 Å². The van der Waals surface area contributed by atoms with Gasteiger partial charge in [-0.05, 0) is 54.2 Å². The van der Waals surface area contributed by atoms with Crippen molar-refractivity contribution in [2.45, 2.75) is 24.8 Å². The van der Waals surface area contributed by atoms with Gasteiger partial charge < -0.3 is 10.1 Å². The van der Waals surface area contributed by atoms with E-state index in [0.29, 0.717) is 0 Å². The Morgan fingerprint density at radius 2 is 2.00 bits per heavy atom. The molecule has 21 heavy (non-hydrogen) atoms. The number of methoxy groups -OCH3 is 1. The van der Waals surface area contributed by atoms with Gasteiger partial charge in [0.1, 0.15) is 5.75 Å². The number of ether oxygens (including phenoxy) is 1. The van der Waals surface area contributed by atoms with Gasteiger partial charge in [-0.2, -0.15) is 0 Å². The van der Waals surface area contributed by atoms with Crippen molar-refractivity contribution in [1.29, 1.82) is 0 Å². The summed E-state index contributed by atoms with van der Waals surface area (Å²) in [4.78, 5) is 12.4. The number of rotatable bonds is 1. The summed E-state index contributed by atoms with van der Waals surface area (Å²) in [6.45, 7) is 0. The molecule has 1 spiro atoms. The number of carbonyl (C=O) groups excluding carboxylic acids is 1. The maximum absolute atomic E-state index is 12.4. The Labute approximate surface area is 123 Å². The molecule has 1 N–H and O–H groups in total. The number of benzene rings is 2. The molecular weight excluding hydrogens is 262 g/mol. The topological polar surface area (TPSA) is 38.3 Å². The van der Waals surface area contributed by atoms with E-state index in [4.69, 9.17) is 4.74 Å². The van der Waals surface area contributed by atoms with Crippen LogP contribution in [0.3, 0.4) is 0 Å². The molecule has 3 nitrogen and oxygen atoms in total. The Bertz CT molecular complexity index is 738. The summed E-state index contributed by atoms with van der Waals surface area (Å²) < 4.78 is 5.36. The summed E-state index contributed by atoms with van der Waals surface area (Å²) in [7, 11) is 1.66. The first-order valence-electron chi connectivity index (χ1n) is 7.34. The van der Waals surface area contributed by atoms with Crippen LogP contribution in [0.2, 0.25) is 0 Å². The molecule has 1 unspecified atom stereocenters. The molecule has 4 rings (SSSR count). The van der Waals surface area contributed by atoms with E-state index in [9.17, 15) is 4.79 Å². The minimum absolute atomic E-state index is 0.0179. The van der Waals surface area contributed by atoms with Crippen LogP contribution in [-0.4, -0.2) is 13.0 Å². The first kappa shape index (κ1) is 12.5. The van der Waals surface area contributed by atoms with Crippen molar-refractivity contribution in [2.24, 2.45) is 0 Å². The Morgan fingerprint density at radius 3 is 2.86 bits per heavy atom. The Hall–Kier alpha value is -2.29. The van der Waals surface area contributed by atoms with E-state index in [-0.39, 0.29) is 11.4 Å². The van der Waals surface area contributed by atoms with Crippen LogP contribution in [0.1, 0.15) is 39.9 Å². The SMILES string of the molecule is COc1ccc2c(c1)C1(CCCc3ccccc31)NC2=O. The minimum atomic E-state index is -0.379. The van der Waals surface area contributed by atoms with Gasteiger partial charge in [-0.1, -0.05) is 24.3 Å². The van der Waals surface area contributed by atoms with Gasteiger partial charge in [-0.25, -0.2) is 0 Å². The van der Waals surface area contributed by atoms with Crippen molar-refractivity contribution < 1.29 is 9.53 Å². The molecule has 2 aliphatic rings. The van der Waals surface area contributed by atoms with Crippen LogP contribution in [0.5, 0.6) is 5.75 Å². The van der Waals surface area contributed by atoms with E-state index in [0.717, 1.165) is 36.1 Å². The summed E-state index contributed by atoms with van der Waals surface area (Å²) >= 11 is 0. The lowest BCUT2D eigenvalue weighted by molar-refractivity contribution is 0.0935. The highest BCUT2D eigenvalue weighted by Gasteiger charge is 2.46. The van der Waals surface area contributed by atoms with Gasteiger partial charge in [0.2, 0.25) is 0 Å². The second kappa shape index (κ2) is 4.35. The highest BCUT2D eigenvalue weighted by Crippen LogP contribution is 2.46. The minimum Gasteiger partial charge on any atom is -0.497 e. The van der Waals surface area contributed by atoms with Gasteiger partial charge in [0.15, 0.2) is 0 Å². The zero-order valence-electron chi connectivity index (χ0n) is 12.0. The van der Waals surface area contributed by atoms with Crippen molar-refractivity contribution in [3.63, 3.8) is 0 Å². The largest absolute Gasteiger partial charge is 0.497 e. The van der Waals surface area contributed by atoms with Crippen LogP contribution in [0, 0.1) is 0 Å². The zero-order chi connectivity index (χ0) is 14.4. The molecule has 1 aliphatic carbocycles. The number of carbonyl (C=O) groups is 1. The highest BCUT2D eigenvalue weighted by molar-refractivity contribution is 6.01. The van der Waals surface area contributed by atoms with Crippen LogP contribution in [-0.2, 0) is 12.0 Å². The number of aryl methyl sites for hydroxylation is 1. The first-order valence-corrected chi connectivity index (χ1v) is 7.34. The van der Waals surface area contributed by atoms with Crippen LogP contribution in [0.25, 0.3) is 0 Å². The quantitative estimate of drug-likeness (QED) is 0.871. The van der Waals surface area contributed by atoms with Gasteiger partial charge in [0, 0.05) is 5.56 Å². The molecule has 3 heteroatoms. The lowest BCUT2D eigenvalue weighted by Gasteiger charge is -2.36. The van der Waals surface area contributed by atoms with Crippen LogP contribution >= 0.6 is 0 Å². The van der Waals surface area contributed by atoms with Crippen molar-refractivity contribution >= 4 is 5.91 Å². The molecule has 1 atom stereocenters. The van der Waals surface area contributed by atoms with Crippen molar-refractivity contribution in [2.75, 3.05) is 7.11 Å². The molecule has 0 fully saturated rings. The van der Waals surface area contributed by atoms with E-state index in [1.165, 1.54) is 11.1 Å². The predicted octanol–water partition coefficient (Wildman–Crippen LogP) is 3.02. The van der Waals surface area contributed by atoms with Crippen LogP contribution in [0.15, 0.2) is 42.5 Å². The zero-order valence-corrected chi connectivity index (χ0v) is 12.0. The lowest BCUT2D eigenvalue weighted by atomic mass is 9.73. The highest BCUT2D eigenvalue weighted by atomic mass is 16.5. The molecule has 0 radical (unpaired) electrons. The fraction of sp³-hybridized carbons (Fsp3) is 0.278. The maximum Gasteiger partial charge on any atom is 0.252 e. The standard InChI is InChI=1S/C18H17NO2/c1-21-13-8-9-14-16(11-13)18(19-17(14)20)10-4-6-12-5-2-3-7-15(12)18/h2-3,5,7-9,11H,4,6,10H2,1H3,(H,19,20). The monoisotopic (exact) mass is 279 g/mol. The summed E-state index contributed by atoms with van der Waals surface area (Å²) in [5.74, 6) is 0.817. The molecule has 1 aliphatic heterocycles. The molecule has 0 aromatic heterocycles. The molecular formula is C18H17NO2. The summed E-state index contributed by atoms with van der Waals surface area (Å²) in [5, 5.41) is 3.25. The average molecular weight is 279 g/mol. The van der Waals surface area contributed by atoms with E-state index in [1.807, 2.05) is 18.2 Å². The van der Waals surface area contributed by atoms with Crippen molar-refractivity contribution in [3.8, 4) is 5.75 Å². The maximum atomic E-state index is 12.4. The van der Waals surface area contributed by atoms with Gasteiger partial charge in [-0.15, -0.1) is 0 Å². The van der Waals surface area contributed by atoms with Crippen molar-refractivity contribution in [3.05, 3.63) is 64.7 Å². The van der Waals surface area contributed by atoms with Gasteiger partial charge >= 0.3 is 0 Å². The number of amides is 1. The van der Waals surface area contributed by atoms with E-state index in [1.54, 1.807) is 7.11 Å². The number of hydrogen-bond acceptors (Lipinski definition) is 2. The second-order valence-corrected chi connectivity index (χ2v) is 5.78. The Kier molecular flexibility index (Phi) is 2.58. The van der Waals surface area contributed by atoms with Gasteiger partial charge in [0.25, 0.3) is 5.91 Å². The smallest absolute Gasteiger partial charge is 0.252 e. The molecule has 0 saturated heterocycles. The third-order valence-electron chi connectivity index (χ3n) is 4.73. The van der Waals surface area contributed by atoms with Crippen molar-refractivity contribution in [1.82, 2.24) is 5.32 Å². The Morgan fingerprint density at radius 1 is 1.14 bits per heavy atom. The summed E-state index contributed by atoms with van der Waals surface area (Å²) in [6.07, 6.45) is 3.09. The predicted molar refractivity (Wildman–Crippen MR) is 80.6 cm³/mol. The molecule has 1 heterocycles. The molecule has 2 aromatic rings. The third-order valence-corrected chi connectivity index (χ3v) is 4.73. The number of nitrogens with one attached hydrogen (secondary N) is 1. The molecule has 0 bridgehead atoms. The summed E-state index contributed by atoms with van der Waals surface area (Å²) in [6, 6.07) is 14.2.